The summed E-state index contributed by atoms with van der Waals surface area (Å²) in [6, 6.07) is 5.58. The van der Waals surface area contributed by atoms with Crippen molar-refractivity contribution in [1.82, 2.24) is 9.38 Å². The van der Waals surface area contributed by atoms with Crippen molar-refractivity contribution in [1.29, 1.82) is 0 Å². The van der Waals surface area contributed by atoms with Gasteiger partial charge in [-0.05, 0) is 28.1 Å². The zero-order chi connectivity index (χ0) is 10.4. The first kappa shape index (κ1) is 9.06. The van der Waals surface area contributed by atoms with Gasteiger partial charge in [0.05, 0.1) is 10.9 Å². The zero-order valence-electron chi connectivity index (χ0n) is 7.48. The van der Waals surface area contributed by atoms with E-state index in [-0.39, 0.29) is 5.56 Å². The van der Waals surface area contributed by atoms with Crippen LogP contribution in [-0.4, -0.2) is 9.38 Å². The molecule has 0 unspecified atom stereocenters. The SMILES string of the molecule is O=c1c2c(Br)cccc2nc2sccn12. The quantitative estimate of drug-likeness (QED) is 0.635. The number of aromatic nitrogens is 2. The monoisotopic (exact) mass is 280 g/mol. The summed E-state index contributed by atoms with van der Waals surface area (Å²) in [4.78, 5) is 17.2. The van der Waals surface area contributed by atoms with Crippen LogP contribution in [0.1, 0.15) is 0 Å². The first-order chi connectivity index (χ1) is 7.27. The van der Waals surface area contributed by atoms with E-state index in [1.165, 1.54) is 11.3 Å². The van der Waals surface area contributed by atoms with Crippen molar-refractivity contribution < 1.29 is 0 Å². The van der Waals surface area contributed by atoms with E-state index in [0.29, 0.717) is 5.39 Å². The van der Waals surface area contributed by atoms with Crippen molar-refractivity contribution in [2.24, 2.45) is 0 Å². The van der Waals surface area contributed by atoms with Crippen molar-refractivity contribution in [3.05, 3.63) is 44.6 Å². The van der Waals surface area contributed by atoms with Crippen molar-refractivity contribution >= 4 is 43.1 Å². The first-order valence-electron chi connectivity index (χ1n) is 4.31. The summed E-state index contributed by atoms with van der Waals surface area (Å²) >= 11 is 4.83. The van der Waals surface area contributed by atoms with Crippen LogP contribution in [0.5, 0.6) is 0 Å². The van der Waals surface area contributed by atoms with Gasteiger partial charge in [0.2, 0.25) is 0 Å². The number of rotatable bonds is 0. The average molecular weight is 281 g/mol. The second-order valence-corrected chi connectivity index (χ2v) is 4.83. The van der Waals surface area contributed by atoms with Gasteiger partial charge in [-0.2, -0.15) is 0 Å². The Labute approximate surface area is 97.1 Å². The van der Waals surface area contributed by atoms with Crippen LogP contribution in [0.25, 0.3) is 15.9 Å². The summed E-state index contributed by atoms with van der Waals surface area (Å²) in [5, 5.41) is 2.49. The molecule has 0 fully saturated rings. The van der Waals surface area contributed by atoms with Gasteiger partial charge in [-0.3, -0.25) is 9.20 Å². The maximum atomic E-state index is 12.1. The van der Waals surface area contributed by atoms with E-state index in [2.05, 4.69) is 20.9 Å². The molecular weight excluding hydrogens is 276 g/mol. The highest BCUT2D eigenvalue weighted by Gasteiger charge is 2.08. The van der Waals surface area contributed by atoms with Crippen LogP contribution in [0.4, 0.5) is 0 Å². The Hall–Kier alpha value is -1.20. The first-order valence-corrected chi connectivity index (χ1v) is 5.99. The summed E-state index contributed by atoms with van der Waals surface area (Å²) in [6.45, 7) is 0. The number of hydrogen-bond acceptors (Lipinski definition) is 3. The molecule has 0 aliphatic carbocycles. The molecular formula is C10H5BrN2OS. The van der Waals surface area contributed by atoms with Gasteiger partial charge in [-0.15, -0.1) is 11.3 Å². The molecule has 0 saturated heterocycles. The molecule has 0 bridgehead atoms. The minimum atomic E-state index is -0.0243. The lowest BCUT2D eigenvalue weighted by atomic mass is 10.2. The Bertz CT molecular complexity index is 716. The number of benzene rings is 1. The molecule has 0 atom stereocenters. The fraction of sp³-hybridized carbons (Fsp3) is 0. The largest absolute Gasteiger partial charge is 0.268 e. The van der Waals surface area contributed by atoms with Gasteiger partial charge >= 0.3 is 0 Å². The Kier molecular flexibility index (Phi) is 1.90. The van der Waals surface area contributed by atoms with Gasteiger partial charge in [-0.1, -0.05) is 6.07 Å². The third-order valence-corrected chi connectivity index (χ3v) is 3.65. The predicted octanol–water partition coefficient (Wildman–Crippen LogP) is 2.67. The van der Waals surface area contributed by atoms with Crippen LogP contribution >= 0.6 is 27.3 Å². The predicted molar refractivity (Wildman–Crippen MR) is 64.5 cm³/mol. The molecule has 0 saturated carbocycles. The number of halogens is 1. The van der Waals surface area contributed by atoms with Crippen LogP contribution < -0.4 is 5.56 Å². The highest BCUT2D eigenvalue weighted by atomic mass is 79.9. The van der Waals surface area contributed by atoms with Gasteiger partial charge in [0.1, 0.15) is 0 Å². The van der Waals surface area contributed by atoms with E-state index in [9.17, 15) is 4.79 Å². The summed E-state index contributed by atoms with van der Waals surface area (Å²) in [6.07, 6.45) is 1.74. The molecule has 0 amide bonds. The van der Waals surface area contributed by atoms with Crippen LogP contribution in [0.3, 0.4) is 0 Å². The Morgan fingerprint density at radius 1 is 1.40 bits per heavy atom. The molecule has 0 aliphatic heterocycles. The minimum Gasteiger partial charge on any atom is -0.268 e. The van der Waals surface area contributed by atoms with Gasteiger partial charge < -0.3 is 0 Å². The lowest BCUT2D eigenvalue weighted by Crippen LogP contribution is -2.13. The number of fused-ring (bicyclic) bond motifs is 2. The molecule has 2 aromatic heterocycles. The zero-order valence-corrected chi connectivity index (χ0v) is 9.88. The third-order valence-electron chi connectivity index (χ3n) is 2.23. The smallest absolute Gasteiger partial charge is 0.267 e. The van der Waals surface area contributed by atoms with Crippen LogP contribution in [0.2, 0.25) is 0 Å². The second-order valence-electron chi connectivity index (χ2n) is 3.11. The highest BCUT2D eigenvalue weighted by molar-refractivity contribution is 9.10. The fourth-order valence-electron chi connectivity index (χ4n) is 1.55. The van der Waals surface area contributed by atoms with Gasteiger partial charge in [-0.25, -0.2) is 4.98 Å². The Morgan fingerprint density at radius 3 is 3.13 bits per heavy atom. The molecule has 5 heteroatoms. The van der Waals surface area contributed by atoms with Gasteiger partial charge in [0, 0.05) is 16.0 Å². The molecule has 15 heavy (non-hydrogen) atoms. The van der Waals surface area contributed by atoms with E-state index < -0.39 is 0 Å². The molecule has 1 aromatic carbocycles. The van der Waals surface area contributed by atoms with Gasteiger partial charge in [0.15, 0.2) is 4.96 Å². The number of hydrogen-bond donors (Lipinski definition) is 0. The normalized spacial score (nSPS) is 11.3. The molecule has 0 spiro atoms. The molecule has 74 valence electrons. The summed E-state index contributed by atoms with van der Waals surface area (Å²) in [7, 11) is 0. The van der Waals surface area contributed by atoms with Crippen LogP contribution in [-0.2, 0) is 0 Å². The third kappa shape index (κ3) is 1.23. The number of nitrogens with zero attached hydrogens (tertiary/aromatic N) is 2. The Morgan fingerprint density at radius 2 is 2.27 bits per heavy atom. The van der Waals surface area contributed by atoms with Crippen LogP contribution in [0.15, 0.2) is 39.0 Å². The lowest BCUT2D eigenvalue weighted by molar-refractivity contribution is 1.11. The molecule has 3 aromatic rings. The van der Waals surface area contributed by atoms with E-state index >= 15 is 0 Å². The van der Waals surface area contributed by atoms with E-state index in [0.717, 1.165) is 15.0 Å². The van der Waals surface area contributed by atoms with E-state index in [1.54, 1.807) is 10.6 Å². The van der Waals surface area contributed by atoms with Crippen molar-refractivity contribution in [3.8, 4) is 0 Å². The van der Waals surface area contributed by atoms with E-state index in [4.69, 9.17) is 0 Å². The van der Waals surface area contributed by atoms with Crippen molar-refractivity contribution in [2.75, 3.05) is 0 Å². The molecule has 0 N–H and O–H groups in total. The van der Waals surface area contributed by atoms with Crippen molar-refractivity contribution in [3.63, 3.8) is 0 Å². The minimum absolute atomic E-state index is 0.0243. The molecule has 0 radical (unpaired) electrons. The molecule has 0 aliphatic rings. The summed E-state index contributed by atoms with van der Waals surface area (Å²) in [5.41, 5.74) is 0.709. The maximum absolute atomic E-state index is 12.1. The summed E-state index contributed by atoms with van der Waals surface area (Å²) < 4.78 is 2.36. The maximum Gasteiger partial charge on any atom is 0.267 e. The van der Waals surface area contributed by atoms with Gasteiger partial charge in [0.25, 0.3) is 5.56 Å². The standard InChI is InChI=1S/C10H5BrN2OS/c11-6-2-1-3-7-8(6)9(14)13-4-5-15-10(13)12-7/h1-5H. The second kappa shape index (κ2) is 3.15. The lowest BCUT2D eigenvalue weighted by Gasteiger charge is -1.99. The topological polar surface area (TPSA) is 34.4 Å². The van der Waals surface area contributed by atoms with Crippen LogP contribution in [0, 0.1) is 0 Å². The molecule has 3 rings (SSSR count). The highest BCUT2D eigenvalue weighted by Crippen LogP contribution is 2.20. The molecule has 3 nitrogen and oxygen atoms in total. The fourth-order valence-corrected chi connectivity index (χ4v) is 2.79. The summed E-state index contributed by atoms with van der Waals surface area (Å²) in [5.74, 6) is 0. The average Bonchev–Trinajstić information content (AvgIpc) is 2.66. The number of thiazole rings is 1. The Balaban J connectivity index is 2.71. The van der Waals surface area contributed by atoms with E-state index in [1.807, 2.05) is 23.6 Å². The van der Waals surface area contributed by atoms with Crippen molar-refractivity contribution in [2.45, 2.75) is 0 Å². The molecule has 2 heterocycles.